The Kier molecular flexibility index (Phi) is 18.7. The lowest BCUT2D eigenvalue weighted by atomic mass is 10.0. The molecule has 1 N–H and O–H groups in total. The van der Waals surface area contributed by atoms with Crippen LogP contribution >= 0.6 is 12.0 Å². The molecular formula is C19H38F2NO5S2-. The van der Waals surface area contributed by atoms with Gasteiger partial charge in [0.05, 0.1) is 0 Å². The van der Waals surface area contributed by atoms with E-state index in [1.54, 1.807) is 0 Å². The first-order chi connectivity index (χ1) is 13.9. The first-order valence-corrected chi connectivity index (χ1v) is 13.1. The molecule has 0 atom stereocenters. The van der Waals surface area contributed by atoms with Crippen LogP contribution in [0.15, 0.2) is 0 Å². The summed E-state index contributed by atoms with van der Waals surface area (Å²) in [6.45, 7) is 2.16. The number of alkyl halides is 2. The second-order valence-corrected chi connectivity index (χ2v) is 10.3. The molecule has 6 nitrogen and oxygen atoms in total. The second-order valence-electron chi connectivity index (χ2n) is 7.38. The first kappa shape index (κ1) is 29.0. The summed E-state index contributed by atoms with van der Waals surface area (Å²) in [5.74, 6) is 0. The highest BCUT2D eigenvalue weighted by Gasteiger charge is 2.47. The van der Waals surface area contributed by atoms with Crippen LogP contribution in [-0.4, -0.2) is 19.5 Å². The average Bonchev–Trinajstić information content (AvgIpc) is 2.68. The molecule has 29 heavy (non-hydrogen) atoms. The molecule has 0 aromatic carbocycles. The Bertz CT molecular complexity index is 468. The molecule has 0 bridgehead atoms. The SMILES string of the molecule is CCCCCCCCCCCCCCCCCCNS(=O)(=O)C(F)(F)SOO[O-]. The molecule has 10 heteroatoms. The molecule has 0 amide bonds. The van der Waals surface area contributed by atoms with E-state index in [4.69, 9.17) is 0 Å². The molecule has 0 aliphatic carbocycles. The predicted octanol–water partition coefficient (Wildman–Crippen LogP) is 5.59. The van der Waals surface area contributed by atoms with E-state index in [0.29, 0.717) is 6.42 Å². The lowest BCUT2D eigenvalue weighted by Gasteiger charge is -2.16. The van der Waals surface area contributed by atoms with Crippen molar-refractivity contribution >= 4 is 22.1 Å². The number of unbranched alkanes of at least 4 members (excludes halogenated alkanes) is 15. The number of hydrogen-bond acceptors (Lipinski definition) is 6. The van der Waals surface area contributed by atoms with Crippen LogP contribution in [0.5, 0.6) is 0 Å². The van der Waals surface area contributed by atoms with E-state index in [-0.39, 0.29) is 6.54 Å². The van der Waals surface area contributed by atoms with Gasteiger partial charge in [-0.25, -0.2) is 13.1 Å². The van der Waals surface area contributed by atoms with Crippen molar-refractivity contribution < 1.29 is 31.8 Å². The van der Waals surface area contributed by atoms with Crippen molar-refractivity contribution in [3.05, 3.63) is 0 Å². The Balaban J connectivity index is 3.41. The third-order valence-corrected chi connectivity index (χ3v) is 7.18. The van der Waals surface area contributed by atoms with Crippen molar-refractivity contribution in [3.63, 3.8) is 0 Å². The molecule has 0 spiro atoms. The standard InChI is InChI=1S/C19H39F2NO5S2/c1-2-3-4-5-6-7-8-9-10-11-12-13-14-15-16-17-18-22-29(24,25)19(20,21)28-27-26-23/h22-23H,2-18H2,1H3/p-1. The number of sulfonamides is 1. The van der Waals surface area contributed by atoms with Crippen molar-refractivity contribution in [2.45, 2.75) is 114 Å². The van der Waals surface area contributed by atoms with Crippen LogP contribution in [0.2, 0.25) is 0 Å². The van der Waals surface area contributed by atoms with Gasteiger partial charge in [0.15, 0.2) is 0 Å². The van der Waals surface area contributed by atoms with Crippen LogP contribution in [0.25, 0.3) is 0 Å². The molecular weight excluding hydrogens is 424 g/mol. The lowest BCUT2D eigenvalue weighted by molar-refractivity contribution is -0.777. The van der Waals surface area contributed by atoms with Gasteiger partial charge in [0.1, 0.15) is 12.0 Å². The van der Waals surface area contributed by atoms with Crippen molar-refractivity contribution in [2.75, 3.05) is 6.54 Å². The minimum Gasteiger partial charge on any atom is -0.691 e. The zero-order valence-corrected chi connectivity index (χ0v) is 19.3. The molecule has 0 saturated carbocycles. The zero-order chi connectivity index (χ0) is 21.8. The Labute approximate surface area is 179 Å². The van der Waals surface area contributed by atoms with E-state index < -0.39 is 26.7 Å². The van der Waals surface area contributed by atoms with Gasteiger partial charge in [0.2, 0.25) is 0 Å². The molecule has 0 saturated heterocycles. The van der Waals surface area contributed by atoms with Crippen LogP contribution in [0.3, 0.4) is 0 Å². The fourth-order valence-electron chi connectivity index (χ4n) is 3.06. The maximum Gasteiger partial charge on any atom is 0.433 e. The van der Waals surface area contributed by atoms with Gasteiger partial charge >= 0.3 is 4.59 Å². The lowest BCUT2D eigenvalue weighted by Crippen LogP contribution is -2.38. The quantitative estimate of drug-likeness (QED) is 0.0976. The van der Waals surface area contributed by atoms with Crippen molar-refractivity contribution in [1.29, 1.82) is 0 Å². The first-order valence-electron chi connectivity index (χ1n) is 10.9. The second kappa shape index (κ2) is 18.7. The Morgan fingerprint density at radius 2 is 1.17 bits per heavy atom. The van der Waals surface area contributed by atoms with Crippen LogP contribution in [0.4, 0.5) is 8.78 Å². The zero-order valence-electron chi connectivity index (χ0n) is 17.6. The van der Waals surface area contributed by atoms with Gasteiger partial charge in [-0.1, -0.05) is 103 Å². The van der Waals surface area contributed by atoms with Crippen molar-refractivity contribution in [1.82, 2.24) is 4.72 Å². The van der Waals surface area contributed by atoms with Crippen LogP contribution < -0.4 is 9.98 Å². The molecule has 0 aliphatic heterocycles. The van der Waals surface area contributed by atoms with Crippen LogP contribution in [-0.2, 0) is 19.4 Å². The topological polar surface area (TPSA) is 87.7 Å². The van der Waals surface area contributed by atoms with Crippen molar-refractivity contribution in [2.24, 2.45) is 0 Å². The number of rotatable bonds is 22. The summed E-state index contributed by atoms with van der Waals surface area (Å²) in [5, 5.41) is 12.3. The minimum atomic E-state index is -4.92. The van der Waals surface area contributed by atoms with Crippen LogP contribution in [0, 0.1) is 0 Å². The molecule has 0 heterocycles. The van der Waals surface area contributed by atoms with Gasteiger partial charge in [0, 0.05) is 6.54 Å². The molecule has 0 aromatic rings. The summed E-state index contributed by atoms with van der Waals surface area (Å²) < 4.78 is 50.3. The van der Waals surface area contributed by atoms with Gasteiger partial charge in [-0.05, 0) is 6.42 Å². The third-order valence-electron chi connectivity index (χ3n) is 4.79. The fourth-order valence-corrected chi connectivity index (χ4v) is 4.37. The molecule has 176 valence electrons. The van der Waals surface area contributed by atoms with Gasteiger partial charge in [-0.15, -0.1) is 0 Å². The largest absolute Gasteiger partial charge is 0.691 e. The third kappa shape index (κ3) is 16.4. The Morgan fingerprint density at radius 1 is 0.793 bits per heavy atom. The van der Waals surface area contributed by atoms with Gasteiger partial charge < -0.3 is 5.26 Å². The maximum absolute atomic E-state index is 13.3. The van der Waals surface area contributed by atoms with E-state index in [2.05, 4.69) is 16.3 Å². The molecule has 0 aliphatic rings. The van der Waals surface area contributed by atoms with E-state index in [0.717, 1.165) is 25.7 Å². The molecule has 0 aromatic heterocycles. The average molecular weight is 463 g/mol. The fraction of sp³-hybridized carbons (Fsp3) is 1.00. The number of hydrogen-bond donors (Lipinski definition) is 1. The minimum absolute atomic E-state index is 0.0742. The Hall–Kier alpha value is -0.0000000000000000694. The maximum atomic E-state index is 13.3. The highest BCUT2D eigenvalue weighted by Crippen LogP contribution is 2.34. The van der Waals surface area contributed by atoms with E-state index >= 15 is 0 Å². The van der Waals surface area contributed by atoms with E-state index in [9.17, 15) is 22.5 Å². The highest BCUT2D eigenvalue weighted by atomic mass is 32.3. The summed E-state index contributed by atoms with van der Waals surface area (Å²) in [6, 6.07) is 0. The molecule has 0 unspecified atom stereocenters. The van der Waals surface area contributed by atoms with Gasteiger partial charge in [-0.2, -0.15) is 13.1 Å². The molecule has 0 radical (unpaired) electrons. The smallest absolute Gasteiger partial charge is 0.433 e. The van der Waals surface area contributed by atoms with Gasteiger partial charge in [0.25, 0.3) is 10.0 Å². The predicted molar refractivity (Wildman–Crippen MR) is 111 cm³/mol. The molecule has 0 rings (SSSR count). The van der Waals surface area contributed by atoms with Crippen molar-refractivity contribution in [3.8, 4) is 0 Å². The van der Waals surface area contributed by atoms with E-state index in [1.807, 2.05) is 4.72 Å². The Morgan fingerprint density at radius 3 is 1.55 bits per heavy atom. The summed E-state index contributed by atoms with van der Waals surface area (Å²) in [4.78, 5) is 0. The summed E-state index contributed by atoms with van der Waals surface area (Å²) in [6.07, 6.45) is 19.0. The summed E-state index contributed by atoms with van der Waals surface area (Å²) in [7, 11) is -4.92. The highest BCUT2D eigenvalue weighted by molar-refractivity contribution is 8.10. The number of halogens is 2. The monoisotopic (exact) mass is 462 g/mol. The molecule has 0 fully saturated rings. The summed E-state index contributed by atoms with van der Waals surface area (Å²) in [5.41, 5.74) is 0. The normalized spacial score (nSPS) is 12.6. The number of nitrogens with one attached hydrogen (secondary N) is 1. The van der Waals surface area contributed by atoms with E-state index in [1.165, 1.54) is 70.6 Å². The van der Waals surface area contributed by atoms with Crippen LogP contribution in [0.1, 0.15) is 110 Å². The summed E-state index contributed by atoms with van der Waals surface area (Å²) >= 11 is -0.844. The van der Waals surface area contributed by atoms with Gasteiger partial charge in [-0.3, -0.25) is 5.04 Å².